The average molecular weight is 704 g/mol. The van der Waals surface area contributed by atoms with Crippen LogP contribution in [0.25, 0.3) is 88.0 Å². The highest BCUT2D eigenvalue weighted by atomic mass is 16.3. The molecule has 0 saturated heterocycles. The summed E-state index contributed by atoms with van der Waals surface area (Å²) in [7, 11) is 0. The minimum Gasteiger partial charge on any atom is -0.455 e. The van der Waals surface area contributed by atoms with E-state index in [4.69, 9.17) is 8.83 Å². The maximum atomic E-state index is 6.52. The second-order valence-electron chi connectivity index (χ2n) is 14.1. The highest BCUT2D eigenvalue weighted by Crippen LogP contribution is 2.44. The number of hydrogen-bond acceptors (Lipinski definition) is 3. The number of rotatable bonds is 6. The van der Waals surface area contributed by atoms with Crippen molar-refractivity contribution in [2.24, 2.45) is 0 Å². The normalized spacial score (nSPS) is 11.6. The summed E-state index contributed by atoms with van der Waals surface area (Å²) >= 11 is 0. The molecule has 0 radical (unpaired) electrons. The zero-order chi connectivity index (χ0) is 36.3. The topological polar surface area (TPSA) is 29.5 Å². The van der Waals surface area contributed by atoms with Gasteiger partial charge in [-0.05, 0) is 87.8 Å². The molecule has 0 spiro atoms. The van der Waals surface area contributed by atoms with Gasteiger partial charge in [-0.25, -0.2) is 0 Å². The third kappa shape index (κ3) is 5.20. The van der Waals surface area contributed by atoms with Crippen LogP contribution in [0.2, 0.25) is 0 Å². The van der Waals surface area contributed by atoms with Crippen LogP contribution in [0, 0.1) is 0 Å². The highest BCUT2D eigenvalue weighted by molar-refractivity contribution is 6.21. The van der Waals surface area contributed by atoms with Crippen LogP contribution < -0.4 is 4.90 Å². The predicted molar refractivity (Wildman–Crippen MR) is 229 cm³/mol. The Morgan fingerprint density at radius 3 is 1.64 bits per heavy atom. The molecular weight excluding hydrogens is 671 g/mol. The first-order valence-electron chi connectivity index (χ1n) is 18.7. The number of hydrogen-bond donors (Lipinski definition) is 0. The van der Waals surface area contributed by atoms with Gasteiger partial charge in [0, 0.05) is 49.6 Å². The van der Waals surface area contributed by atoms with Crippen LogP contribution in [0.1, 0.15) is 0 Å². The van der Waals surface area contributed by atoms with Crippen molar-refractivity contribution >= 4 is 71.7 Å². The molecule has 55 heavy (non-hydrogen) atoms. The van der Waals surface area contributed by atoms with E-state index in [1.807, 2.05) is 18.2 Å². The lowest BCUT2D eigenvalue weighted by atomic mass is 9.95. The molecule has 0 bridgehead atoms. The van der Waals surface area contributed by atoms with Gasteiger partial charge in [0.1, 0.15) is 22.3 Å². The monoisotopic (exact) mass is 703 g/mol. The van der Waals surface area contributed by atoms with Crippen LogP contribution in [0.4, 0.5) is 17.1 Å². The van der Waals surface area contributed by atoms with E-state index in [0.29, 0.717) is 0 Å². The summed E-state index contributed by atoms with van der Waals surface area (Å²) in [5.74, 6) is 0. The molecule has 258 valence electrons. The van der Waals surface area contributed by atoms with Gasteiger partial charge in [0.15, 0.2) is 0 Å². The fourth-order valence-electron chi connectivity index (χ4n) is 8.24. The van der Waals surface area contributed by atoms with Gasteiger partial charge in [-0.15, -0.1) is 0 Å². The molecule has 11 aromatic rings. The Bertz CT molecular complexity index is 3190. The summed E-state index contributed by atoms with van der Waals surface area (Å²) in [6, 6.07) is 70.9. The molecule has 2 aromatic heterocycles. The molecule has 0 aliphatic carbocycles. The molecule has 11 rings (SSSR count). The predicted octanol–water partition coefficient (Wildman–Crippen LogP) is 15.1. The van der Waals surface area contributed by atoms with Crippen LogP contribution in [0.5, 0.6) is 0 Å². The molecule has 0 atom stereocenters. The summed E-state index contributed by atoms with van der Waals surface area (Å²) in [5.41, 5.74) is 13.7. The molecular formula is C52H33NO2. The molecule has 0 unspecified atom stereocenters. The van der Waals surface area contributed by atoms with Crippen LogP contribution in [0.15, 0.2) is 209 Å². The minimum atomic E-state index is 0.899. The van der Waals surface area contributed by atoms with Crippen LogP contribution in [0.3, 0.4) is 0 Å². The SMILES string of the molecule is c1ccc(-c2cccc(N(c3ccc(-c4cccc5c4oc4ccccc45)cc3)c3ccc(-c4cc5ccccc5c5oc6ccccc6c45)cc3)c2)cc1. The van der Waals surface area contributed by atoms with Crippen molar-refractivity contribution in [2.45, 2.75) is 0 Å². The number of fused-ring (bicyclic) bond motifs is 8. The molecule has 9 aromatic carbocycles. The molecule has 2 heterocycles. The van der Waals surface area contributed by atoms with Crippen molar-refractivity contribution < 1.29 is 8.83 Å². The van der Waals surface area contributed by atoms with Gasteiger partial charge in [0.05, 0.1) is 0 Å². The molecule has 0 fully saturated rings. The van der Waals surface area contributed by atoms with E-state index in [2.05, 4.69) is 187 Å². The first-order valence-corrected chi connectivity index (χ1v) is 18.7. The molecule has 3 nitrogen and oxygen atoms in total. The van der Waals surface area contributed by atoms with E-state index >= 15 is 0 Å². The van der Waals surface area contributed by atoms with E-state index < -0.39 is 0 Å². The summed E-state index contributed by atoms with van der Waals surface area (Å²) in [6.07, 6.45) is 0. The fourth-order valence-corrected chi connectivity index (χ4v) is 8.24. The number of nitrogens with zero attached hydrogens (tertiary/aromatic N) is 1. The first kappa shape index (κ1) is 31.2. The summed E-state index contributed by atoms with van der Waals surface area (Å²) in [6.45, 7) is 0. The Balaban J connectivity index is 1.04. The largest absolute Gasteiger partial charge is 0.455 e. The van der Waals surface area contributed by atoms with Crippen molar-refractivity contribution in [3.63, 3.8) is 0 Å². The fraction of sp³-hybridized carbons (Fsp3) is 0. The summed E-state index contributed by atoms with van der Waals surface area (Å²) in [4.78, 5) is 2.34. The lowest BCUT2D eigenvalue weighted by Crippen LogP contribution is -2.10. The maximum Gasteiger partial charge on any atom is 0.143 e. The highest BCUT2D eigenvalue weighted by Gasteiger charge is 2.19. The Kier molecular flexibility index (Phi) is 7.17. The lowest BCUT2D eigenvalue weighted by molar-refractivity contribution is 0.670. The Morgan fingerprint density at radius 1 is 0.309 bits per heavy atom. The van der Waals surface area contributed by atoms with Gasteiger partial charge in [-0.3, -0.25) is 0 Å². The zero-order valence-electron chi connectivity index (χ0n) is 29.8. The quantitative estimate of drug-likeness (QED) is 0.173. The van der Waals surface area contributed by atoms with Crippen LogP contribution >= 0.6 is 0 Å². The van der Waals surface area contributed by atoms with Crippen molar-refractivity contribution in [2.75, 3.05) is 4.90 Å². The Labute approximate surface area is 317 Å². The van der Waals surface area contributed by atoms with Gasteiger partial charge < -0.3 is 13.7 Å². The van der Waals surface area contributed by atoms with Gasteiger partial charge in [0.2, 0.25) is 0 Å². The van der Waals surface area contributed by atoms with Crippen molar-refractivity contribution in [1.82, 2.24) is 0 Å². The first-order chi connectivity index (χ1) is 27.3. The smallest absolute Gasteiger partial charge is 0.143 e. The lowest BCUT2D eigenvalue weighted by Gasteiger charge is -2.26. The standard InChI is InChI=1S/C52H33NO2/c1-2-12-34(13-3-1)37-15-10-16-41(32-37)53(39-28-24-35(25-29-39)42-20-11-21-45-44-18-6-8-22-48(44)54-51(42)45)40-30-26-36(27-31-40)47-33-38-14-4-5-17-43(38)52-50(47)46-19-7-9-23-49(46)55-52/h1-33H. The minimum absolute atomic E-state index is 0.899. The molecule has 3 heteroatoms. The Morgan fingerprint density at radius 2 is 0.873 bits per heavy atom. The van der Waals surface area contributed by atoms with E-state index in [-0.39, 0.29) is 0 Å². The van der Waals surface area contributed by atoms with E-state index in [1.54, 1.807) is 0 Å². The molecule has 0 aliphatic rings. The number of anilines is 3. The van der Waals surface area contributed by atoms with E-state index in [1.165, 1.54) is 11.1 Å². The number of furan rings is 2. The molecule has 0 N–H and O–H groups in total. The van der Waals surface area contributed by atoms with Crippen molar-refractivity contribution in [3.8, 4) is 33.4 Å². The average Bonchev–Trinajstić information content (AvgIpc) is 3.84. The van der Waals surface area contributed by atoms with E-state index in [0.717, 1.165) is 94.0 Å². The summed E-state index contributed by atoms with van der Waals surface area (Å²) in [5, 5.41) is 6.81. The van der Waals surface area contributed by atoms with Crippen LogP contribution in [-0.4, -0.2) is 0 Å². The third-order valence-corrected chi connectivity index (χ3v) is 10.9. The second kappa shape index (κ2) is 12.6. The molecule has 0 saturated carbocycles. The van der Waals surface area contributed by atoms with Gasteiger partial charge in [-0.2, -0.15) is 0 Å². The van der Waals surface area contributed by atoms with Crippen LogP contribution in [-0.2, 0) is 0 Å². The van der Waals surface area contributed by atoms with Gasteiger partial charge in [-0.1, -0.05) is 146 Å². The maximum absolute atomic E-state index is 6.52. The third-order valence-electron chi connectivity index (χ3n) is 10.9. The number of para-hydroxylation sites is 3. The summed E-state index contributed by atoms with van der Waals surface area (Å²) < 4.78 is 12.9. The van der Waals surface area contributed by atoms with Crippen molar-refractivity contribution in [3.05, 3.63) is 200 Å². The second-order valence-corrected chi connectivity index (χ2v) is 14.1. The van der Waals surface area contributed by atoms with Gasteiger partial charge >= 0.3 is 0 Å². The zero-order valence-corrected chi connectivity index (χ0v) is 29.8. The molecule has 0 aliphatic heterocycles. The van der Waals surface area contributed by atoms with Crippen molar-refractivity contribution in [1.29, 1.82) is 0 Å². The van der Waals surface area contributed by atoms with E-state index in [9.17, 15) is 0 Å². The number of benzene rings is 9. The molecule has 0 amide bonds. The Hall–Kier alpha value is -7.36. The van der Waals surface area contributed by atoms with Gasteiger partial charge in [0.25, 0.3) is 0 Å².